The van der Waals surface area contributed by atoms with Gasteiger partial charge >= 0.3 is 12.0 Å². The van der Waals surface area contributed by atoms with Crippen molar-refractivity contribution < 1.29 is 14.7 Å². The number of aliphatic carboxylic acids is 1. The number of carboxylic acids is 1. The van der Waals surface area contributed by atoms with E-state index in [0.29, 0.717) is 13.1 Å². The van der Waals surface area contributed by atoms with Crippen molar-refractivity contribution in [3.8, 4) is 0 Å². The molecule has 6 heteroatoms. The Morgan fingerprint density at radius 1 is 1.53 bits per heavy atom. The summed E-state index contributed by atoms with van der Waals surface area (Å²) in [4.78, 5) is 24.6. The number of carbonyl (C=O) groups excluding carboxylic acids is 1. The molecule has 0 spiro atoms. The molecule has 17 heavy (non-hydrogen) atoms. The van der Waals surface area contributed by atoms with Crippen molar-refractivity contribution >= 4 is 23.3 Å². The molecule has 5 nitrogen and oxygen atoms in total. The third-order valence-electron chi connectivity index (χ3n) is 2.22. The fourth-order valence-corrected chi connectivity index (χ4v) is 2.06. The lowest BCUT2D eigenvalue weighted by molar-refractivity contribution is -0.137. The maximum absolute atomic E-state index is 11.6. The number of likely N-dealkylation sites (N-methyl/N-ethyl adjacent to an activating group) is 1. The van der Waals surface area contributed by atoms with Gasteiger partial charge in [0, 0.05) is 18.0 Å². The molecule has 0 saturated carbocycles. The van der Waals surface area contributed by atoms with Gasteiger partial charge in [0.05, 0.1) is 0 Å². The van der Waals surface area contributed by atoms with E-state index < -0.39 is 5.97 Å². The van der Waals surface area contributed by atoms with Crippen LogP contribution in [0.2, 0.25) is 0 Å². The first-order valence-electron chi connectivity index (χ1n) is 5.40. The smallest absolute Gasteiger partial charge is 0.323 e. The molecule has 1 rings (SSSR count). The normalized spacial score (nSPS) is 9.94. The van der Waals surface area contributed by atoms with Gasteiger partial charge in [0.25, 0.3) is 0 Å². The van der Waals surface area contributed by atoms with Crippen molar-refractivity contribution in [2.75, 3.05) is 19.6 Å². The highest BCUT2D eigenvalue weighted by Gasteiger charge is 2.13. The van der Waals surface area contributed by atoms with Gasteiger partial charge in [-0.2, -0.15) is 0 Å². The van der Waals surface area contributed by atoms with Crippen LogP contribution < -0.4 is 5.32 Å². The molecule has 0 atom stereocenters. The standard InChI is InChI=1S/C11H16N2O3S/c1-2-13(8-10(14)15)11(16)12-6-5-9-4-3-7-17-9/h3-4,7H,2,5-6,8H2,1H3,(H,12,16)(H,14,15). The van der Waals surface area contributed by atoms with E-state index in [2.05, 4.69) is 5.32 Å². The van der Waals surface area contributed by atoms with Crippen molar-refractivity contribution in [2.24, 2.45) is 0 Å². The van der Waals surface area contributed by atoms with Gasteiger partial charge in [-0.1, -0.05) is 6.07 Å². The van der Waals surface area contributed by atoms with Crippen LogP contribution in [0, 0.1) is 0 Å². The Hall–Kier alpha value is -1.56. The first-order valence-corrected chi connectivity index (χ1v) is 6.28. The number of amides is 2. The molecule has 0 aliphatic heterocycles. The van der Waals surface area contributed by atoms with Gasteiger partial charge in [0.2, 0.25) is 0 Å². The summed E-state index contributed by atoms with van der Waals surface area (Å²) < 4.78 is 0. The Morgan fingerprint density at radius 3 is 2.82 bits per heavy atom. The van der Waals surface area contributed by atoms with E-state index in [0.717, 1.165) is 6.42 Å². The number of carboxylic acid groups (broad SMARTS) is 1. The summed E-state index contributed by atoms with van der Waals surface area (Å²) in [5.41, 5.74) is 0. The summed E-state index contributed by atoms with van der Waals surface area (Å²) in [7, 11) is 0. The van der Waals surface area contributed by atoms with Crippen LogP contribution in [-0.2, 0) is 11.2 Å². The first-order chi connectivity index (χ1) is 8.13. The van der Waals surface area contributed by atoms with E-state index in [1.165, 1.54) is 9.78 Å². The van der Waals surface area contributed by atoms with Crippen LogP contribution in [0.4, 0.5) is 4.79 Å². The summed E-state index contributed by atoms with van der Waals surface area (Å²) in [5.74, 6) is -1.000. The lowest BCUT2D eigenvalue weighted by Crippen LogP contribution is -2.43. The molecular formula is C11H16N2O3S. The van der Waals surface area contributed by atoms with Crippen LogP contribution in [-0.4, -0.2) is 41.6 Å². The molecule has 2 amide bonds. The summed E-state index contributed by atoms with van der Waals surface area (Å²) in [5, 5.41) is 13.3. The molecule has 0 bridgehead atoms. The lowest BCUT2D eigenvalue weighted by atomic mass is 10.3. The zero-order valence-corrected chi connectivity index (χ0v) is 10.5. The van der Waals surface area contributed by atoms with Crippen LogP contribution in [0.1, 0.15) is 11.8 Å². The largest absolute Gasteiger partial charge is 0.480 e. The lowest BCUT2D eigenvalue weighted by Gasteiger charge is -2.18. The second-order valence-corrected chi connectivity index (χ2v) is 4.50. The Kier molecular flexibility index (Phi) is 5.48. The third-order valence-corrected chi connectivity index (χ3v) is 3.16. The zero-order valence-electron chi connectivity index (χ0n) is 9.68. The van der Waals surface area contributed by atoms with Crippen molar-refractivity contribution in [3.05, 3.63) is 22.4 Å². The number of carbonyl (C=O) groups is 2. The second-order valence-electron chi connectivity index (χ2n) is 3.47. The number of hydrogen-bond acceptors (Lipinski definition) is 3. The molecule has 0 saturated heterocycles. The maximum atomic E-state index is 11.6. The van der Waals surface area contributed by atoms with Gasteiger partial charge in [-0.05, 0) is 24.8 Å². The summed E-state index contributed by atoms with van der Waals surface area (Å²) >= 11 is 1.64. The number of thiophene rings is 1. The van der Waals surface area contributed by atoms with Crippen molar-refractivity contribution in [2.45, 2.75) is 13.3 Å². The number of nitrogens with one attached hydrogen (secondary N) is 1. The molecule has 0 unspecified atom stereocenters. The molecule has 0 fully saturated rings. The minimum absolute atomic E-state index is 0.263. The molecule has 0 aliphatic carbocycles. The fraction of sp³-hybridized carbons (Fsp3) is 0.455. The molecule has 1 aromatic rings. The predicted molar refractivity (Wildman–Crippen MR) is 66.3 cm³/mol. The van der Waals surface area contributed by atoms with Crippen molar-refractivity contribution in [1.82, 2.24) is 10.2 Å². The number of urea groups is 1. The molecule has 2 N–H and O–H groups in total. The Morgan fingerprint density at radius 2 is 2.29 bits per heavy atom. The highest BCUT2D eigenvalue weighted by atomic mass is 32.1. The highest BCUT2D eigenvalue weighted by molar-refractivity contribution is 7.09. The van der Waals surface area contributed by atoms with E-state index in [-0.39, 0.29) is 12.6 Å². The highest BCUT2D eigenvalue weighted by Crippen LogP contribution is 2.08. The van der Waals surface area contributed by atoms with Crippen LogP contribution in [0.5, 0.6) is 0 Å². The monoisotopic (exact) mass is 256 g/mol. The molecule has 1 aromatic heterocycles. The molecule has 94 valence electrons. The number of rotatable bonds is 6. The van der Waals surface area contributed by atoms with Gasteiger partial charge in [-0.15, -0.1) is 11.3 Å². The minimum atomic E-state index is -1.000. The third kappa shape index (κ3) is 4.86. The van der Waals surface area contributed by atoms with Gasteiger partial charge in [0.15, 0.2) is 0 Å². The van der Waals surface area contributed by atoms with Gasteiger partial charge < -0.3 is 15.3 Å². The summed E-state index contributed by atoms with van der Waals surface area (Å²) in [6.07, 6.45) is 0.772. The van der Waals surface area contributed by atoms with E-state index >= 15 is 0 Å². The van der Waals surface area contributed by atoms with Gasteiger partial charge in [-0.25, -0.2) is 4.79 Å². The quantitative estimate of drug-likeness (QED) is 0.808. The van der Waals surface area contributed by atoms with E-state index in [1.54, 1.807) is 18.3 Å². The van der Waals surface area contributed by atoms with Crippen LogP contribution in [0.25, 0.3) is 0 Å². The Bertz CT molecular complexity index is 365. The van der Waals surface area contributed by atoms with Crippen LogP contribution in [0.15, 0.2) is 17.5 Å². The molecule has 0 radical (unpaired) electrons. The van der Waals surface area contributed by atoms with Gasteiger partial charge in [0.1, 0.15) is 6.54 Å². The zero-order chi connectivity index (χ0) is 12.7. The molecule has 0 aliphatic rings. The first kappa shape index (κ1) is 13.5. The van der Waals surface area contributed by atoms with Crippen LogP contribution >= 0.6 is 11.3 Å². The fourth-order valence-electron chi connectivity index (χ4n) is 1.35. The van der Waals surface area contributed by atoms with Crippen molar-refractivity contribution in [1.29, 1.82) is 0 Å². The minimum Gasteiger partial charge on any atom is -0.480 e. The average Bonchev–Trinajstić information content (AvgIpc) is 2.78. The molecule has 1 heterocycles. The van der Waals surface area contributed by atoms with E-state index in [9.17, 15) is 9.59 Å². The number of nitrogens with zero attached hydrogens (tertiary/aromatic N) is 1. The topological polar surface area (TPSA) is 69.6 Å². The summed E-state index contributed by atoms with van der Waals surface area (Å²) in [6.45, 7) is 2.40. The summed E-state index contributed by atoms with van der Waals surface area (Å²) in [6, 6.07) is 3.64. The molecular weight excluding hydrogens is 240 g/mol. The van der Waals surface area contributed by atoms with Crippen molar-refractivity contribution in [3.63, 3.8) is 0 Å². The second kappa shape index (κ2) is 6.90. The predicted octanol–water partition coefficient (Wildman–Crippen LogP) is 1.41. The molecule has 0 aromatic carbocycles. The Balaban J connectivity index is 2.29. The maximum Gasteiger partial charge on any atom is 0.323 e. The van der Waals surface area contributed by atoms with Gasteiger partial charge in [-0.3, -0.25) is 4.79 Å². The number of hydrogen-bond donors (Lipinski definition) is 2. The average molecular weight is 256 g/mol. The van der Waals surface area contributed by atoms with E-state index in [4.69, 9.17) is 5.11 Å². The Labute approximate surface area is 104 Å². The SMILES string of the molecule is CCN(CC(=O)O)C(=O)NCCc1cccs1. The van der Waals surface area contributed by atoms with E-state index in [1.807, 2.05) is 17.5 Å². The van der Waals surface area contributed by atoms with Crippen LogP contribution in [0.3, 0.4) is 0 Å².